The molecule has 0 radical (unpaired) electrons. The molecule has 2 aliphatic rings. The van der Waals surface area contributed by atoms with Gasteiger partial charge in [0.05, 0.1) is 25.9 Å². The molecule has 1 spiro atoms. The van der Waals surface area contributed by atoms with Gasteiger partial charge in [-0.1, -0.05) is 23.8 Å². The number of aliphatic carboxylic acids is 1. The molecule has 1 aromatic carbocycles. The number of carbonyl (C=O) groups excluding carboxylic acids is 1. The minimum Gasteiger partial charge on any atom is -0.475 e. The van der Waals surface area contributed by atoms with E-state index in [9.17, 15) is 31.1 Å². The molecule has 2 saturated heterocycles. The van der Waals surface area contributed by atoms with Gasteiger partial charge >= 0.3 is 18.3 Å². The molecule has 1 aromatic heterocycles. The lowest BCUT2D eigenvalue weighted by Gasteiger charge is -2.32. The maximum Gasteiger partial charge on any atom is 0.490 e. The summed E-state index contributed by atoms with van der Waals surface area (Å²) in [6, 6.07) is 11.2. The van der Waals surface area contributed by atoms with Gasteiger partial charge in [0, 0.05) is 18.7 Å². The monoisotopic (exact) mass is 563 g/mol. The topological polar surface area (TPSA) is 101 Å². The smallest absolute Gasteiger partial charge is 0.475 e. The minimum atomic E-state index is -5.08. The highest BCUT2D eigenvalue weighted by molar-refractivity contribution is 5.94. The molecule has 0 bridgehead atoms. The molecule has 3 heterocycles. The molecule has 1 amide bonds. The lowest BCUT2D eigenvalue weighted by molar-refractivity contribution is -0.192. The molecule has 14 heteroatoms. The summed E-state index contributed by atoms with van der Waals surface area (Å²) < 4.78 is 83.0. The Morgan fingerprint density at radius 1 is 1.13 bits per heavy atom. The van der Waals surface area contributed by atoms with Gasteiger partial charge in [0.25, 0.3) is 5.91 Å². The van der Waals surface area contributed by atoms with Crippen molar-refractivity contribution < 1.29 is 50.5 Å². The molecule has 214 valence electrons. The van der Waals surface area contributed by atoms with Gasteiger partial charge in [-0.15, -0.1) is 0 Å². The Labute approximate surface area is 219 Å². The number of nitrogens with one attached hydrogen (secondary N) is 1. The van der Waals surface area contributed by atoms with E-state index in [1.54, 1.807) is 23.1 Å². The number of rotatable bonds is 4. The molecule has 39 heavy (non-hydrogen) atoms. The molecule has 2 aliphatic heterocycles. The third-order valence-corrected chi connectivity index (χ3v) is 6.08. The van der Waals surface area contributed by atoms with E-state index in [0.717, 1.165) is 18.1 Å². The molecule has 2 N–H and O–H groups in total. The van der Waals surface area contributed by atoms with Crippen molar-refractivity contribution in [2.24, 2.45) is 0 Å². The molecule has 2 aromatic rings. The van der Waals surface area contributed by atoms with Crippen LogP contribution >= 0.6 is 0 Å². The summed E-state index contributed by atoms with van der Waals surface area (Å²) in [4.78, 5) is 26.9. The molecule has 0 saturated carbocycles. The van der Waals surface area contributed by atoms with Crippen molar-refractivity contribution in [1.29, 1.82) is 0 Å². The van der Waals surface area contributed by atoms with Crippen molar-refractivity contribution in [1.82, 2.24) is 10.3 Å². The van der Waals surface area contributed by atoms with E-state index in [0.29, 0.717) is 44.8 Å². The van der Waals surface area contributed by atoms with Gasteiger partial charge in [0.1, 0.15) is 17.1 Å². The molecule has 0 unspecified atom stereocenters. The predicted molar refractivity (Wildman–Crippen MR) is 126 cm³/mol. The first-order valence-corrected chi connectivity index (χ1v) is 11.9. The number of amides is 1. The average Bonchev–Trinajstić information content (AvgIpc) is 3.14. The second-order valence-corrected chi connectivity index (χ2v) is 9.19. The molecular formula is C25H27F6N3O5. The highest BCUT2D eigenvalue weighted by Gasteiger charge is 2.44. The van der Waals surface area contributed by atoms with Gasteiger partial charge in [-0.3, -0.25) is 4.79 Å². The van der Waals surface area contributed by atoms with Crippen LogP contribution in [0.25, 0.3) is 0 Å². The third kappa shape index (κ3) is 8.55. The van der Waals surface area contributed by atoms with Gasteiger partial charge in [-0.25, -0.2) is 9.78 Å². The Bertz CT molecular complexity index is 1140. The molecular weight excluding hydrogens is 536 g/mol. The molecule has 0 aliphatic carbocycles. The summed E-state index contributed by atoms with van der Waals surface area (Å²) in [5.74, 6) is -2.67. The summed E-state index contributed by atoms with van der Waals surface area (Å²) >= 11 is 0. The summed E-state index contributed by atoms with van der Waals surface area (Å²) in [5, 5.41) is 10.0. The van der Waals surface area contributed by atoms with Crippen LogP contribution in [0.15, 0.2) is 42.5 Å². The Morgan fingerprint density at radius 2 is 1.79 bits per heavy atom. The van der Waals surface area contributed by atoms with Crippen molar-refractivity contribution in [3.05, 3.63) is 59.3 Å². The molecule has 2 atom stereocenters. The lowest BCUT2D eigenvalue weighted by atomic mass is 10.00. The van der Waals surface area contributed by atoms with Crippen molar-refractivity contribution in [3.8, 4) is 0 Å². The number of anilines is 1. The van der Waals surface area contributed by atoms with Gasteiger partial charge in [0.15, 0.2) is 0 Å². The minimum absolute atomic E-state index is 0.165. The lowest BCUT2D eigenvalue weighted by Crippen LogP contribution is -2.46. The van der Waals surface area contributed by atoms with Crippen LogP contribution in [-0.4, -0.2) is 72.7 Å². The second-order valence-electron chi connectivity index (χ2n) is 9.19. The van der Waals surface area contributed by atoms with Gasteiger partial charge in [-0.2, -0.15) is 26.3 Å². The maximum atomic E-state index is 13.1. The number of carboxylic acids is 1. The Morgan fingerprint density at radius 3 is 2.41 bits per heavy atom. The van der Waals surface area contributed by atoms with Crippen LogP contribution in [0.4, 0.5) is 32.2 Å². The van der Waals surface area contributed by atoms with Gasteiger partial charge in [0.2, 0.25) is 0 Å². The van der Waals surface area contributed by atoms with Crippen molar-refractivity contribution in [2.75, 3.05) is 37.7 Å². The standard InChI is InChI=1S/C23H26F3N3O3.C2HF3O2/c1-16-5-7-17(8-6-16)21(30)27-13-18-9-10-22(32-18)14-29(11-12-31-15-22)20-4-2-3-19(28-20)23(24,25)26;3-2(4,5)1(6)7/h2-8,18H,9-15H2,1H3,(H,27,30);(H,6,7)/t18-,22+;/m1./s1. The summed E-state index contributed by atoms with van der Waals surface area (Å²) in [7, 11) is 0. The van der Waals surface area contributed by atoms with Crippen LogP contribution in [0, 0.1) is 6.92 Å². The fraction of sp³-hybridized carbons (Fsp3) is 0.480. The van der Waals surface area contributed by atoms with Crippen molar-refractivity contribution >= 4 is 17.7 Å². The Hall–Kier alpha value is -3.39. The maximum absolute atomic E-state index is 13.1. The van der Waals surface area contributed by atoms with E-state index in [1.165, 1.54) is 6.07 Å². The number of benzene rings is 1. The highest BCUT2D eigenvalue weighted by Crippen LogP contribution is 2.35. The first-order chi connectivity index (χ1) is 18.2. The summed E-state index contributed by atoms with van der Waals surface area (Å²) in [6.07, 6.45) is -8.36. The number of alkyl halides is 6. The Kier molecular flexibility index (Phi) is 9.43. The summed E-state index contributed by atoms with van der Waals surface area (Å²) in [5.41, 5.74) is 0.100. The number of aromatic nitrogens is 1. The molecule has 2 fully saturated rings. The van der Waals surface area contributed by atoms with E-state index >= 15 is 0 Å². The second kappa shape index (κ2) is 12.2. The zero-order valence-electron chi connectivity index (χ0n) is 20.8. The number of hydrogen-bond acceptors (Lipinski definition) is 6. The van der Waals surface area contributed by atoms with E-state index in [2.05, 4.69) is 10.3 Å². The molecule has 8 nitrogen and oxygen atoms in total. The van der Waals surface area contributed by atoms with E-state index in [-0.39, 0.29) is 17.8 Å². The van der Waals surface area contributed by atoms with Crippen LogP contribution in [0.5, 0.6) is 0 Å². The first-order valence-electron chi connectivity index (χ1n) is 11.9. The molecule has 4 rings (SSSR count). The third-order valence-electron chi connectivity index (χ3n) is 6.08. The van der Waals surface area contributed by atoms with Gasteiger partial charge in [-0.05, 0) is 44.0 Å². The van der Waals surface area contributed by atoms with E-state index in [1.807, 2.05) is 19.1 Å². The number of hydrogen-bond donors (Lipinski definition) is 2. The zero-order chi connectivity index (χ0) is 28.8. The van der Waals surface area contributed by atoms with E-state index in [4.69, 9.17) is 19.4 Å². The van der Waals surface area contributed by atoms with Crippen molar-refractivity contribution in [3.63, 3.8) is 0 Å². The SMILES string of the molecule is Cc1ccc(C(=O)NC[C@H]2CC[C@]3(COCCN(c4cccc(C(F)(F)F)n4)C3)O2)cc1.O=C(O)C(F)(F)F. The number of carbonyl (C=O) groups is 2. The highest BCUT2D eigenvalue weighted by atomic mass is 19.4. The zero-order valence-corrected chi connectivity index (χ0v) is 20.8. The number of halogens is 6. The number of ether oxygens (including phenoxy) is 2. The predicted octanol–water partition coefficient (Wildman–Crippen LogP) is 4.23. The van der Waals surface area contributed by atoms with Crippen molar-refractivity contribution in [2.45, 2.75) is 43.8 Å². The van der Waals surface area contributed by atoms with Gasteiger partial charge < -0.3 is 24.8 Å². The first kappa shape index (κ1) is 30.2. The normalized spacial score (nSPS) is 21.6. The number of carboxylic acid groups (broad SMARTS) is 1. The number of aryl methyl sites for hydroxylation is 1. The quantitative estimate of drug-likeness (QED) is 0.538. The van der Waals surface area contributed by atoms with Crippen LogP contribution in [0.2, 0.25) is 0 Å². The summed E-state index contributed by atoms with van der Waals surface area (Å²) in [6.45, 7) is 3.84. The van der Waals surface area contributed by atoms with Crippen LogP contribution < -0.4 is 10.2 Å². The van der Waals surface area contributed by atoms with Crippen LogP contribution in [0.1, 0.15) is 34.5 Å². The number of pyridine rings is 1. The van der Waals surface area contributed by atoms with Crippen LogP contribution in [0.3, 0.4) is 0 Å². The average molecular weight is 563 g/mol. The fourth-order valence-corrected chi connectivity index (χ4v) is 4.13. The fourth-order valence-electron chi connectivity index (χ4n) is 4.13. The van der Waals surface area contributed by atoms with E-state index < -0.39 is 29.6 Å². The largest absolute Gasteiger partial charge is 0.490 e. The number of nitrogens with zero attached hydrogens (tertiary/aromatic N) is 2. The van der Waals surface area contributed by atoms with Crippen LogP contribution in [-0.2, 0) is 20.4 Å². The Balaban J connectivity index is 0.000000532.